The van der Waals surface area contributed by atoms with Gasteiger partial charge in [0.15, 0.2) is 0 Å². The number of hydrogen-bond acceptors (Lipinski definition) is 1. The summed E-state index contributed by atoms with van der Waals surface area (Å²) in [6, 6.07) is 0. The van der Waals surface area contributed by atoms with Crippen LogP contribution in [-0.4, -0.2) is 11.1 Å². The van der Waals surface area contributed by atoms with Gasteiger partial charge in [-0.1, -0.05) is 26.2 Å². The summed E-state index contributed by atoms with van der Waals surface area (Å²) in [5.74, 6) is 1.91. The largest absolute Gasteiger partial charge is 0.481 e. The average Bonchev–Trinajstić information content (AvgIpc) is 2.28. The maximum absolute atomic E-state index is 11.0. The molecule has 2 nitrogen and oxygen atoms in total. The third-order valence-corrected chi connectivity index (χ3v) is 4.77. The topological polar surface area (TPSA) is 37.3 Å². The Hall–Kier alpha value is -0.530. The number of rotatable bonds is 3. The monoisotopic (exact) mass is 224 g/mol. The van der Waals surface area contributed by atoms with Crippen LogP contribution < -0.4 is 0 Å². The lowest BCUT2D eigenvalue weighted by atomic mass is 9.64. The molecule has 4 unspecified atom stereocenters. The summed E-state index contributed by atoms with van der Waals surface area (Å²) in [6.45, 7) is 2.27. The first-order valence-electron chi connectivity index (χ1n) is 6.93. The first-order chi connectivity index (χ1) is 7.70. The van der Waals surface area contributed by atoms with Crippen molar-refractivity contribution in [3.05, 3.63) is 0 Å². The highest BCUT2D eigenvalue weighted by atomic mass is 16.4. The Kier molecular flexibility index (Phi) is 3.88. The molecule has 92 valence electrons. The van der Waals surface area contributed by atoms with Gasteiger partial charge in [0.25, 0.3) is 0 Å². The molecule has 0 amide bonds. The number of hydrogen-bond donors (Lipinski definition) is 1. The van der Waals surface area contributed by atoms with E-state index >= 15 is 0 Å². The summed E-state index contributed by atoms with van der Waals surface area (Å²) >= 11 is 0. The van der Waals surface area contributed by atoms with Crippen LogP contribution in [0.4, 0.5) is 0 Å². The molecule has 2 rings (SSSR count). The molecule has 2 heteroatoms. The maximum atomic E-state index is 11.0. The minimum atomic E-state index is -0.561. The standard InChI is InChI=1S/C14H24O2/c1-2-3-10-4-5-12-9-13(14(15)16)7-6-11(12)8-10/h10-13H,2-9H2,1H3,(H,15,16). The molecule has 2 aliphatic rings. The molecule has 0 spiro atoms. The molecule has 2 fully saturated rings. The fourth-order valence-corrected chi connectivity index (χ4v) is 3.88. The van der Waals surface area contributed by atoms with Crippen molar-refractivity contribution < 1.29 is 9.90 Å². The molecule has 0 aliphatic heterocycles. The summed E-state index contributed by atoms with van der Waals surface area (Å²) in [5.41, 5.74) is 0. The van der Waals surface area contributed by atoms with Crippen LogP contribution in [0.5, 0.6) is 0 Å². The van der Waals surface area contributed by atoms with Gasteiger partial charge in [-0.15, -0.1) is 0 Å². The Labute approximate surface area is 98.4 Å². The quantitative estimate of drug-likeness (QED) is 0.793. The van der Waals surface area contributed by atoms with E-state index in [0.29, 0.717) is 0 Å². The van der Waals surface area contributed by atoms with Gasteiger partial charge in [0.1, 0.15) is 0 Å². The number of fused-ring (bicyclic) bond motifs is 1. The zero-order valence-electron chi connectivity index (χ0n) is 10.3. The number of aliphatic carboxylic acids is 1. The SMILES string of the molecule is CCCC1CCC2CC(C(=O)O)CCC2C1. The van der Waals surface area contributed by atoms with E-state index in [4.69, 9.17) is 5.11 Å². The fourth-order valence-electron chi connectivity index (χ4n) is 3.88. The average molecular weight is 224 g/mol. The first-order valence-corrected chi connectivity index (χ1v) is 6.93. The van der Waals surface area contributed by atoms with Crippen molar-refractivity contribution in [2.75, 3.05) is 0 Å². The lowest BCUT2D eigenvalue weighted by Gasteiger charge is -2.41. The molecule has 0 saturated heterocycles. The van der Waals surface area contributed by atoms with Crippen LogP contribution >= 0.6 is 0 Å². The molecule has 0 aromatic heterocycles. The molecule has 4 atom stereocenters. The fraction of sp³-hybridized carbons (Fsp3) is 0.929. The second kappa shape index (κ2) is 5.20. The summed E-state index contributed by atoms with van der Waals surface area (Å²) in [4.78, 5) is 11.0. The van der Waals surface area contributed by atoms with Crippen molar-refractivity contribution in [3.63, 3.8) is 0 Å². The van der Waals surface area contributed by atoms with E-state index in [1.807, 2.05) is 0 Å². The van der Waals surface area contributed by atoms with Crippen molar-refractivity contribution >= 4 is 5.97 Å². The Morgan fingerprint density at radius 1 is 1.12 bits per heavy atom. The predicted molar refractivity (Wildman–Crippen MR) is 64.2 cm³/mol. The van der Waals surface area contributed by atoms with Gasteiger partial charge >= 0.3 is 5.97 Å². The van der Waals surface area contributed by atoms with Crippen LogP contribution in [0.2, 0.25) is 0 Å². The van der Waals surface area contributed by atoms with Crippen molar-refractivity contribution in [1.29, 1.82) is 0 Å². The van der Waals surface area contributed by atoms with Gasteiger partial charge in [0.2, 0.25) is 0 Å². The Balaban J connectivity index is 1.87. The van der Waals surface area contributed by atoms with Gasteiger partial charge in [-0.3, -0.25) is 4.79 Å². The first kappa shape index (κ1) is 11.9. The minimum absolute atomic E-state index is 0.0380. The lowest BCUT2D eigenvalue weighted by molar-refractivity contribution is -0.144. The van der Waals surface area contributed by atoms with Gasteiger partial charge in [0, 0.05) is 0 Å². The van der Waals surface area contributed by atoms with Gasteiger partial charge in [-0.05, 0) is 49.9 Å². The van der Waals surface area contributed by atoms with Gasteiger partial charge < -0.3 is 5.11 Å². The van der Waals surface area contributed by atoms with Crippen molar-refractivity contribution in [2.24, 2.45) is 23.7 Å². The van der Waals surface area contributed by atoms with E-state index in [9.17, 15) is 4.79 Å². The normalized spacial score (nSPS) is 39.1. The second-order valence-electron chi connectivity index (χ2n) is 5.84. The van der Waals surface area contributed by atoms with Crippen LogP contribution in [0.3, 0.4) is 0 Å². The van der Waals surface area contributed by atoms with Gasteiger partial charge in [-0.25, -0.2) is 0 Å². The third kappa shape index (κ3) is 2.58. The van der Waals surface area contributed by atoms with E-state index < -0.39 is 5.97 Å². The Bertz CT molecular complexity index is 249. The molecule has 1 N–H and O–H groups in total. The molecule has 2 aliphatic carbocycles. The molecule has 0 aromatic carbocycles. The zero-order valence-corrected chi connectivity index (χ0v) is 10.3. The van der Waals surface area contributed by atoms with Gasteiger partial charge in [0.05, 0.1) is 5.92 Å². The second-order valence-corrected chi connectivity index (χ2v) is 5.84. The zero-order chi connectivity index (χ0) is 11.5. The molecule has 0 bridgehead atoms. The highest BCUT2D eigenvalue weighted by Crippen LogP contribution is 2.45. The number of carbonyl (C=O) groups is 1. The smallest absolute Gasteiger partial charge is 0.306 e. The highest BCUT2D eigenvalue weighted by molar-refractivity contribution is 5.70. The van der Waals surface area contributed by atoms with E-state index in [0.717, 1.165) is 30.6 Å². The van der Waals surface area contributed by atoms with E-state index in [-0.39, 0.29) is 5.92 Å². The van der Waals surface area contributed by atoms with Gasteiger partial charge in [-0.2, -0.15) is 0 Å². The molecule has 0 heterocycles. The highest BCUT2D eigenvalue weighted by Gasteiger charge is 2.37. The van der Waals surface area contributed by atoms with Crippen LogP contribution in [0.15, 0.2) is 0 Å². The Morgan fingerprint density at radius 3 is 2.50 bits per heavy atom. The third-order valence-electron chi connectivity index (χ3n) is 4.77. The van der Waals surface area contributed by atoms with E-state index in [1.165, 1.54) is 38.5 Å². The molecular formula is C14H24O2. The van der Waals surface area contributed by atoms with Crippen molar-refractivity contribution in [3.8, 4) is 0 Å². The van der Waals surface area contributed by atoms with Crippen LogP contribution in [-0.2, 0) is 4.79 Å². The summed E-state index contributed by atoms with van der Waals surface area (Å²) in [5, 5.41) is 9.06. The maximum Gasteiger partial charge on any atom is 0.306 e. The lowest BCUT2D eigenvalue weighted by Crippen LogP contribution is -2.33. The summed E-state index contributed by atoms with van der Waals surface area (Å²) in [6.07, 6.45) is 9.76. The van der Waals surface area contributed by atoms with Crippen molar-refractivity contribution in [2.45, 2.75) is 58.3 Å². The molecule has 2 saturated carbocycles. The van der Waals surface area contributed by atoms with Crippen LogP contribution in [0, 0.1) is 23.7 Å². The summed E-state index contributed by atoms with van der Waals surface area (Å²) < 4.78 is 0. The molecule has 0 radical (unpaired) electrons. The summed E-state index contributed by atoms with van der Waals surface area (Å²) in [7, 11) is 0. The number of carboxylic acid groups (broad SMARTS) is 1. The molecule has 0 aromatic rings. The van der Waals surface area contributed by atoms with Crippen molar-refractivity contribution in [1.82, 2.24) is 0 Å². The van der Waals surface area contributed by atoms with E-state index in [2.05, 4.69) is 6.92 Å². The van der Waals surface area contributed by atoms with Crippen LogP contribution in [0.25, 0.3) is 0 Å². The minimum Gasteiger partial charge on any atom is -0.481 e. The predicted octanol–water partition coefficient (Wildman–Crippen LogP) is 3.70. The number of carboxylic acids is 1. The molecular weight excluding hydrogens is 200 g/mol. The Morgan fingerprint density at radius 2 is 1.81 bits per heavy atom. The van der Waals surface area contributed by atoms with E-state index in [1.54, 1.807) is 0 Å². The van der Waals surface area contributed by atoms with Crippen LogP contribution in [0.1, 0.15) is 58.3 Å². The molecule has 16 heavy (non-hydrogen) atoms.